The zero-order valence-corrected chi connectivity index (χ0v) is 16.7. The molecule has 0 spiro atoms. The third-order valence-electron chi connectivity index (χ3n) is 4.56. The fraction of sp³-hybridized carbons (Fsp3) is 0.250. The van der Waals surface area contributed by atoms with Crippen molar-refractivity contribution in [3.8, 4) is 17.2 Å². The normalized spacial score (nSPS) is 10.5. The molecule has 0 aliphatic carbocycles. The van der Waals surface area contributed by atoms with Crippen molar-refractivity contribution in [2.45, 2.75) is 26.6 Å². The average molecular weight is 377 g/mol. The quantitative estimate of drug-likeness (QED) is 0.577. The Kier molecular flexibility index (Phi) is 6.93. The lowest BCUT2D eigenvalue weighted by atomic mass is 10.1. The smallest absolute Gasteiger partial charge is 0.161 e. The number of ether oxygens (including phenoxy) is 3. The zero-order chi connectivity index (χ0) is 19.8. The minimum absolute atomic E-state index is 0.520. The molecule has 146 valence electrons. The zero-order valence-electron chi connectivity index (χ0n) is 16.7. The number of benzene rings is 3. The summed E-state index contributed by atoms with van der Waals surface area (Å²) in [5.74, 6) is 2.37. The molecule has 3 aromatic carbocycles. The fourth-order valence-electron chi connectivity index (χ4n) is 2.88. The molecule has 4 nitrogen and oxygen atoms in total. The van der Waals surface area contributed by atoms with E-state index in [0.717, 1.165) is 41.5 Å². The molecular formula is C24H27NO3. The molecule has 0 radical (unpaired) electrons. The van der Waals surface area contributed by atoms with Crippen molar-refractivity contribution < 1.29 is 14.2 Å². The van der Waals surface area contributed by atoms with E-state index < -0.39 is 0 Å². The summed E-state index contributed by atoms with van der Waals surface area (Å²) in [4.78, 5) is 0. The highest BCUT2D eigenvalue weighted by Crippen LogP contribution is 2.29. The van der Waals surface area contributed by atoms with Crippen LogP contribution in [-0.2, 0) is 19.7 Å². The van der Waals surface area contributed by atoms with E-state index in [4.69, 9.17) is 14.2 Å². The monoisotopic (exact) mass is 377 g/mol. The van der Waals surface area contributed by atoms with E-state index in [-0.39, 0.29) is 0 Å². The topological polar surface area (TPSA) is 39.7 Å². The Balaban J connectivity index is 1.55. The van der Waals surface area contributed by atoms with Crippen LogP contribution in [0, 0.1) is 6.92 Å². The molecule has 3 rings (SSSR count). The van der Waals surface area contributed by atoms with Crippen LogP contribution in [0.1, 0.15) is 22.3 Å². The molecule has 0 aliphatic rings. The molecule has 0 saturated heterocycles. The first kappa shape index (κ1) is 19.8. The van der Waals surface area contributed by atoms with Gasteiger partial charge in [-0.1, -0.05) is 48.0 Å². The third kappa shape index (κ3) is 5.51. The van der Waals surface area contributed by atoms with Crippen molar-refractivity contribution >= 4 is 0 Å². The number of hydrogen-bond acceptors (Lipinski definition) is 4. The number of methoxy groups -OCH3 is 2. The molecule has 0 amide bonds. The first-order valence-corrected chi connectivity index (χ1v) is 9.37. The van der Waals surface area contributed by atoms with Crippen molar-refractivity contribution in [1.82, 2.24) is 5.32 Å². The highest BCUT2D eigenvalue weighted by Gasteiger charge is 2.06. The van der Waals surface area contributed by atoms with Gasteiger partial charge in [0, 0.05) is 13.1 Å². The Morgan fingerprint density at radius 3 is 2.00 bits per heavy atom. The van der Waals surface area contributed by atoms with Crippen molar-refractivity contribution in [3.05, 3.63) is 89.0 Å². The van der Waals surface area contributed by atoms with Crippen LogP contribution in [0.3, 0.4) is 0 Å². The Morgan fingerprint density at radius 1 is 0.679 bits per heavy atom. The van der Waals surface area contributed by atoms with E-state index in [0.29, 0.717) is 6.61 Å². The average Bonchev–Trinajstić information content (AvgIpc) is 2.74. The molecule has 0 unspecified atom stereocenters. The van der Waals surface area contributed by atoms with Crippen LogP contribution in [0.25, 0.3) is 0 Å². The summed E-state index contributed by atoms with van der Waals surface area (Å²) in [6.07, 6.45) is 0. The molecular weight excluding hydrogens is 350 g/mol. The minimum Gasteiger partial charge on any atom is -0.497 e. The van der Waals surface area contributed by atoms with Crippen LogP contribution in [0.15, 0.2) is 66.7 Å². The highest BCUT2D eigenvalue weighted by molar-refractivity contribution is 5.43. The van der Waals surface area contributed by atoms with Gasteiger partial charge >= 0.3 is 0 Å². The van der Waals surface area contributed by atoms with E-state index in [1.54, 1.807) is 14.2 Å². The Bertz CT molecular complexity index is 873. The van der Waals surface area contributed by atoms with Gasteiger partial charge in [0.25, 0.3) is 0 Å². The van der Waals surface area contributed by atoms with Crippen molar-refractivity contribution in [1.29, 1.82) is 0 Å². The van der Waals surface area contributed by atoms with Gasteiger partial charge in [0.1, 0.15) is 12.4 Å². The van der Waals surface area contributed by atoms with E-state index in [2.05, 4.69) is 54.7 Å². The number of rotatable bonds is 9. The van der Waals surface area contributed by atoms with Gasteiger partial charge in [0.15, 0.2) is 11.5 Å². The summed E-state index contributed by atoms with van der Waals surface area (Å²) in [5, 5.41) is 3.45. The van der Waals surface area contributed by atoms with Crippen LogP contribution in [-0.4, -0.2) is 14.2 Å². The molecule has 0 atom stereocenters. The second kappa shape index (κ2) is 9.81. The maximum Gasteiger partial charge on any atom is 0.161 e. The summed E-state index contributed by atoms with van der Waals surface area (Å²) < 4.78 is 16.7. The molecule has 0 heterocycles. The lowest BCUT2D eigenvalue weighted by molar-refractivity contribution is 0.284. The highest BCUT2D eigenvalue weighted by atomic mass is 16.5. The van der Waals surface area contributed by atoms with Crippen molar-refractivity contribution in [2.75, 3.05) is 14.2 Å². The maximum atomic E-state index is 5.95. The summed E-state index contributed by atoms with van der Waals surface area (Å²) in [7, 11) is 3.34. The second-order valence-electron chi connectivity index (χ2n) is 6.71. The van der Waals surface area contributed by atoms with Crippen LogP contribution in [0.2, 0.25) is 0 Å². The maximum absolute atomic E-state index is 5.95. The van der Waals surface area contributed by atoms with E-state index in [1.165, 1.54) is 11.1 Å². The van der Waals surface area contributed by atoms with Gasteiger partial charge in [-0.3, -0.25) is 0 Å². The molecule has 0 saturated carbocycles. The van der Waals surface area contributed by atoms with Crippen LogP contribution in [0.5, 0.6) is 17.2 Å². The first-order valence-electron chi connectivity index (χ1n) is 9.37. The van der Waals surface area contributed by atoms with Crippen LogP contribution < -0.4 is 19.5 Å². The summed E-state index contributed by atoms with van der Waals surface area (Å²) in [6, 6.07) is 22.5. The number of hydrogen-bond donors (Lipinski definition) is 1. The van der Waals surface area contributed by atoms with Crippen molar-refractivity contribution in [3.63, 3.8) is 0 Å². The predicted octanol–water partition coefficient (Wildman–Crippen LogP) is 4.88. The van der Waals surface area contributed by atoms with Gasteiger partial charge in [-0.25, -0.2) is 0 Å². The SMILES string of the molecule is COc1ccc(CNCc2ccc(OCc3ccc(C)cc3)c(OC)c2)cc1. The molecule has 0 fully saturated rings. The van der Waals surface area contributed by atoms with Crippen LogP contribution in [0.4, 0.5) is 0 Å². The van der Waals surface area contributed by atoms with Gasteiger partial charge in [0.2, 0.25) is 0 Å². The largest absolute Gasteiger partial charge is 0.497 e. The Labute approximate surface area is 167 Å². The summed E-state index contributed by atoms with van der Waals surface area (Å²) in [5.41, 5.74) is 4.74. The summed E-state index contributed by atoms with van der Waals surface area (Å²) >= 11 is 0. The Hall–Kier alpha value is -2.98. The van der Waals surface area contributed by atoms with Gasteiger partial charge in [-0.05, 0) is 47.9 Å². The second-order valence-corrected chi connectivity index (χ2v) is 6.71. The number of aryl methyl sites for hydroxylation is 1. The van der Waals surface area contributed by atoms with Gasteiger partial charge in [-0.15, -0.1) is 0 Å². The van der Waals surface area contributed by atoms with Gasteiger partial charge in [-0.2, -0.15) is 0 Å². The van der Waals surface area contributed by atoms with E-state index >= 15 is 0 Å². The van der Waals surface area contributed by atoms with Gasteiger partial charge < -0.3 is 19.5 Å². The minimum atomic E-state index is 0.520. The van der Waals surface area contributed by atoms with Gasteiger partial charge in [0.05, 0.1) is 14.2 Å². The van der Waals surface area contributed by atoms with E-state index in [1.807, 2.05) is 24.3 Å². The molecule has 3 aromatic rings. The molecule has 0 aliphatic heterocycles. The molecule has 0 aromatic heterocycles. The number of nitrogens with one attached hydrogen (secondary N) is 1. The predicted molar refractivity (Wildman–Crippen MR) is 112 cm³/mol. The molecule has 1 N–H and O–H groups in total. The molecule has 4 heteroatoms. The van der Waals surface area contributed by atoms with Crippen LogP contribution >= 0.6 is 0 Å². The first-order chi connectivity index (χ1) is 13.7. The van der Waals surface area contributed by atoms with Crippen molar-refractivity contribution in [2.24, 2.45) is 0 Å². The standard InChI is InChI=1S/C24H27NO3/c1-18-4-6-20(7-5-18)17-28-23-13-10-21(14-24(23)27-3)16-25-15-19-8-11-22(26-2)12-9-19/h4-14,25H,15-17H2,1-3H3. The third-order valence-corrected chi connectivity index (χ3v) is 4.56. The van der Waals surface area contributed by atoms with E-state index in [9.17, 15) is 0 Å². The molecule has 0 bridgehead atoms. The lowest BCUT2D eigenvalue weighted by Crippen LogP contribution is -2.12. The Morgan fingerprint density at radius 2 is 1.32 bits per heavy atom. The summed E-state index contributed by atoms with van der Waals surface area (Å²) in [6.45, 7) is 4.14. The lowest BCUT2D eigenvalue weighted by Gasteiger charge is -2.13. The fourth-order valence-corrected chi connectivity index (χ4v) is 2.88. The molecule has 28 heavy (non-hydrogen) atoms.